The fourth-order valence-electron chi connectivity index (χ4n) is 3.50. The Balaban J connectivity index is 1.73. The van der Waals surface area contributed by atoms with Crippen molar-refractivity contribution >= 4 is 40.0 Å². The van der Waals surface area contributed by atoms with E-state index >= 15 is 0 Å². The number of rotatable bonds is 7. The van der Waals surface area contributed by atoms with E-state index in [1.54, 1.807) is 6.92 Å². The molecule has 2 aromatic heterocycles. The number of carbonyl (C=O) groups excluding carboxylic acids is 2. The van der Waals surface area contributed by atoms with Crippen LogP contribution in [0.4, 0.5) is 5.00 Å². The van der Waals surface area contributed by atoms with E-state index in [1.165, 1.54) is 28.0 Å². The summed E-state index contributed by atoms with van der Waals surface area (Å²) in [5.74, 6) is 0.856. The number of thiophene rings is 1. The normalized spacial score (nSPS) is 13.8. The van der Waals surface area contributed by atoms with Crippen LogP contribution in [0.3, 0.4) is 0 Å². The van der Waals surface area contributed by atoms with Crippen LogP contribution in [-0.2, 0) is 29.4 Å². The number of amides is 1. The second-order valence-corrected chi connectivity index (χ2v) is 9.43. The van der Waals surface area contributed by atoms with Crippen molar-refractivity contribution in [2.45, 2.75) is 63.9 Å². The maximum atomic E-state index is 12.6. The summed E-state index contributed by atoms with van der Waals surface area (Å²) >= 11 is 2.86. The van der Waals surface area contributed by atoms with Gasteiger partial charge in [0, 0.05) is 17.8 Å². The Kier molecular flexibility index (Phi) is 7.34. The maximum Gasteiger partial charge on any atom is 0.341 e. The number of nitrogens with zero attached hydrogens (tertiary/aromatic N) is 3. The van der Waals surface area contributed by atoms with Gasteiger partial charge in [-0.05, 0) is 38.2 Å². The van der Waals surface area contributed by atoms with E-state index in [2.05, 4.69) is 29.4 Å². The standard InChI is InChI=1S/C20H28N4O3S2/c1-5-27-19(26)16-13-9-7-6-8-10-14(13)29-18(16)21-15(25)11-28-20-23-22-17(12(2)3)24(20)4/h12H,5-11H2,1-4H3,(H,21,25). The highest BCUT2D eigenvalue weighted by Crippen LogP contribution is 2.38. The molecule has 9 heteroatoms. The van der Waals surface area contributed by atoms with Crippen LogP contribution in [0.25, 0.3) is 0 Å². The summed E-state index contributed by atoms with van der Waals surface area (Å²) in [6.45, 7) is 6.23. The molecule has 0 bridgehead atoms. The highest BCUT2D eigenvalue weighted by atomic mass is 32.2. The summed E-state index contributed by atoms with van der Waals surface area (Å²) in [5.41, 5.74) is 1.61. The summed E-state index contributed by atoms with van der Waals surface area (Å²) < 4.78 is 7.19. The highest BCUT2D eigenvalue weighted by molar-refractivity contribution is 7.99. The topological polar surface area (TPSA) is 86.1 Å². The average Bonchev–Trinajstić information content (AvgIpc) is 3.11. The van der Waals surface area contributed by atoms with Gasteiger partial charge in [-0.2, -0.15) is 0 Å². The quantitative estimate of drug-likeness (QED) is 0.398. The highest BCUT2D eigenvalue weighted by Gasteiger charge is 2.26. The van der Waals surface area contributed by atoms with Crippen LogP contribution in [0.2, 0.25) is 0 Å². The number of anilines is 1. The summed E-state index contributed by atoms with van der Waals surface area (Å²) in [6, 6.07) is 0. The predicted molar refractivity (Wildman–Crippen MR) is 116 cm³/mol. The first-order valence-electron chi connectivity index (χ1n) is 10.1. The molecule has 2 aromatic rings. The van der Waals surface area contributed by atoms with Crippen LogP contribution in [0, 0.1) is 0 Å². The molecule has 0 fully saturated rings. The van der Waals surface area contributed by atoms with Gasteiger partial charge in [0.05, 0.1) is 17.9 Å². The molecule has 0 aromatic carbocycles. The van der Waals surface area contributed by atoms with Gasteiger partial charge in [0.2, 0.25) is 5.91 Å². The summed E-state index contributed by atoms with van der Waals surface area (Å²) in [7, 11) is 1.91. The molecule has 1 N–H and O–H groups in total. The van der Waals surface area contributed by atoms with Gasteiger partial charge < -0.3 is 14.6 Å². The minimum absolute atomic E-state index is 0.161. The van der Waals surface area contributed by atoms with Crippen LogP contribution >= 0.6 is 23.1 Å². The van der Waals surface area contributed by atoms with E-state index in [0.717, 1.165) is 43.5 Å². The number of thioether (sulfide) groups is 1. The molecule has 0 unspecified atom stereocenters. The van der Waals surface area contributed by atoms with Crippen LogP contribution in [0.1, 0.15) is 72.6 Å². The number of ether oxygens (including phenoxy) is 1. The minimum Gasteiger partial charge on any atom is -0.462 e. The SMILES string of the molecule is CCOC(=O)c1c(NC(=O)CSc2nnc(C(C)C)n2C)sc2c1CCCCC2. The van der Waals surface area contributed by atoms with Crippen molar-refractivity contribution in [2.75, 3.05) is 17.7 Å². The van der Waals surface area contributed by atoms with Crippen molar-refractivity contribution < 1.29 is 14.3 Å². The Morgan fingerprint density at radius 3 is 2.69 bits per heavy atom. The molecule has 0 saturated carbocycles. The molecule has 0 radical (unpaired) electrons. The lowest BCUT2D eigenvalue weighted by Crippen LogP contribution is -2.17. The molecule has 29 heavy (non-hydrogen) atoms. The number of esters is 1. The molecule has 2 heterocycles. The smallest absolute Gasteiger partial charge is 0.341 e. The molecule has 1 amide bonds. The molecule has 0 atom stereocenters. The average molecular weight is 437 g/mol. The summed E-state index contributed by atoms with van der Waals surface area (Å²) in [6.07, 6.45) is 5.15. The van der Waals surface area contributed by atoms with Gasteiger partial charge in [-0.1, -0.05) is 32.0 Å². The third-order valence-electron chi connectivity index (χ3n) is 4.87. The Labute approximate surface area is 179 Å². The van der Waals surface area contributed by atoms with Gasteiger partial charge in [0.15, 0.2) is 5.16 Å². The summed E-state index contributed by atoms with van der Waals surface area (Å²) in [5, 5.41) is 12.6. The van der Waals surface area contributed by atoms with Gasteiger partial charge in [0.1, 0.15) is 10.8 Å². The van der Waals surface area contributed by atoms with Gasteiger partial charge >= 0.3 is 5.97 Å². The van der Waals surface area contributed by atoms with Crippen molar-refractivity contribution in [1.29, 1.82) is 0 Å². The lowest BCUT2D eigenvalue weighted by Gasteiger charge is -2.09. The van der Waals surface area contributed by atoms with E-state index in [1.807, 2.05) is 11.6 Å². The fourth-order valence-corrected chi connectivity index (χ4v) is 5.51. The van der Waals surface area contributed by atoms with Crippen LogP contribution < -0.4 is 5.32 Å². The number of fused-ring (bicyclic) bond motifs is 1. The van der Waals surface area contributed by atoms with Crippen molar-refractivity contribution in [3.05, 3.63) is 21.8 Å². The lowest BCUT2D eigenvalue weighted by molar-refractivity contribution is -0.113. The van der Waals surface area contributed by atoms with Crippen LogP contribution in [0.15, 0.2) is 5.16 Å². The molecule has 0 spiro atoms. The van der Waals surface area contributed by atoms with Gasteiger partial charge in [-0.25, -0.2) is 4.79 Å². The fraction of sp³-hybridized carbons (Fsp3) is 0.600. The maximum absolute atomic E-state index is 12.6. The molecule has 1 aliphatic carbocycles. The number of aromatic nitrogens is 3. The Morgan fingerprint density at radius 1 is 1.24 bits per heavy atom. The first kappa shape index (κ1) is 21.8. The number of nitrogens with one attached hydrogen (secondary N) is 1. The lowest BCUT2D eigenvalue weighted by atomic mass is 10.1. The van der Waals surface area contributed by atoms with E-state index in [-0.39, 0.29) is 23.5 Å². The van der Waals surface area contributed by atoms with Gasteiger partial charge in [0.25, 0.3) is 0 Å². The molecule has 0 aliphatic heterocycles. The zero-order valence-electron chi connectivity index (χ0n) is 17.4. The first-order chi connectivity index (χ1) is 13.9. The van der Waals surface area contributed by atoms with Gasteiger partial charge in [-0.15, -0.1) is 21.5 Å². The second-order valence-electron chi connectivity index (χ2n) is 7.38. The molecule has 1 aliphatic rings. The van der Waals surface area contributed by atoms with Crippen molar-refractivity contribution in [2.24, 2.45) is 7.05 Å². The van der Waals surface area contributed by atoms with Crippen LogP contribution in [0.5, 0.6) is 0 Å². The zero-order chi connectivity index (χ0) is 21.0. The Hall–Kier alpha value is -1.87. The largest absolute Gasteiger partial charge is 0.462 e. The first-order valence-corrected chi connectivity index (χ1v) is 11.9. The van der Waals surface area contributed by atoms with E-state index in [0.29, 0.717) is 22.3 Å². The summed E-state index contributed by atoms with van der Waals surface area (Å²) in [4.78, 5) is 26.4. The van der Waals surface area contributed by atoms with E-state index in [4.69, 9.17) is 4.74 Å². The van der Waals surface area contributed by atoms with Crippen molar-refractivity contribution in [1.82, 2.24) is 14.8 Å². The monoisotopic (exact) mass is 436 g/mol. The van der Waals surface area contributed by atoms with Crippen molar-refractivity contribution in [3.63, 3.8) is 0 Å². The third kappa shape index (κ3) is 5.01. The molecule has 158 valence electrons. The molecule has 0 saturated heterocycles. The molecule has 7 nitrogen and oxygen atoms in total. The van der Waals surface area contributed by atoms with Gasteiger partial charge in [-0.3, -0.25) is 4.79 Å². The predicted octanol–water partition coefficient (Wildman–Crippen LogP) is 4.18. The minimum atomic E-state index is -0.343. The molecular weight excluding hydrogens is 408 g/mol. The molecule has 3 rings (SSSR count). The van der Waals surface area contributed by atoms with Crippen LogP contribution in [-0.4, -0.2) is 39.0 Å². The zero-order valence-corrected chi connectivity index (χ0v) is 19.0. The molecular formula is C20H28N4O3S2. The Morgan fingerprint density at radius 2 is 2.00 bits per heavy atom. The number of carbonyl (C=O) groups is 2. The number of aryl methyl sites for hydroxylation is 1. The van der Waals surface area contributed by atoms with E-state index < -0.39 is 0 Å². The number of hydrogen-bond acceptors (Lipinski definition) is 7. The Bertz CT molecular complexity index is 889. The third-order valence-corrected chi connectivity index (χ3v) is 7.10. The number of hydrogen-bond donors (Lipinski definition) is 1. The van der Waals surface area contributed by atoms with Crippen molar-refractivity contribution in [3.8, 4) is 0 Å². The second kappa shape index (κ2) is 9.75. The van der Waals surface area contributed by atoms with E-state index in [9.17, 15) is 9.59 Å².